The van der Waals surface area contributed by atoms with Crippen LogP contribution in [0.3, 0.4) is 0 Å². The lowest BCUT2D eigenvalue weighted by molar-refractivity contribution is 0.0657. The number of aromatic amines is 1. The van der Waals surface area contributed by atoms with Crippen molar-refractivity contribution in [2.75, 3.05) is 11.9 Å². The van der Waals surface area contributed by atoms with Crippen LogP contribution in [0.4, 0.5) is 10.5 Å². The van der Waals surface area contributed by atoms with Gasteiger partial charge >= 0.3 is 6.03 Å². The zero-order chi connectivity index (χ0) is 17.6. The summed E-state index contributed by atoms with van der Waals surface area (Å²) in [5, 5.41) is 9.90. The molecule has 0 saturated carbocycles. The number of H-pyrrole nitrogens is 1. The number of hydrogen-bond donors (Lipinski definition) is 2. The smallest absolute Gasteiger partial charge is 0.322 e. The number of hydrogen-bond acceptors (Lipinski definition) is 3. The minimum atomic E-state index is -0.0622. The molecule has 6 nitrogen and oxygen atoms in total. The molecule has 1 atom stereocenters. The highest BCUT2D eigenvalue weighted by molar-refractivity contribution is 5.89. The number of urea groups is 1. The predicted molar refractivity (Wildman–Crippen MR) is 97.3 cm³/mol. The molecule has 1 fully saturated rings. The zero-order valence-corrected chi connectivity index (χ0v) is 14.9. The largest absolute Gasteiger partial charge is 0.374 e. The number of aromatic nitrogens is 2. The first-order chi connectivity index (χ1) is 12.1. The Morgan fingerprint density at radius 1 is 1.44 bits per heavy atom. The van der Waals surface area contributed by atoms with Crippen LogP contribution in [0.15, 0.2) is 36.7 Å². The number of piperidine rings is 1. The first-order valence-electron chi connectivity index (χ1n) is 8.90. The van der Waals surface area contributed by atoms with Gasteiger partial charge in [-0.05, 0) is 50.8 Å². The van der Waals surface area contributed by atoms with Crippen molar-refractivity contribution >= 4 is 11.7 Å². The van der Waals surface area contributed by atoms with Gasteiger partial charge in [-0.2, -0.15) is 5.10 Å². The number of amides is 2. The third kappa shape index (κ3) is 4.60. The summed E-state index contributed by atoms with van der Waals surface area (Å²) in [5.41, 5.74) is 2.91. The van der Waals surface area contributed by atoms with E-state index in [9.17, 15) is 4.79 Å². The molecule has 2 heterocycles. The molecular weight excluding hydrogens is 316 g/mol. The third-order valence-corrected chi connectivity index (χ3v) is 4.43. The lowest BCUT2D eigenvalue weighted by atomic mass is 9.98. The molecule has 6 heteroatoms. The molecule has 0 radical (unpaired) electrons. The van der Waals surface area contributed by atoms with E-state index >= 15 is 0 Å². The number of anilines is 1. The van der Waals surface area contributed by atoms with E-state index in [0.29, 0.717) is 6.61 Å². The molecule has 0 unspecified atom stereocenters. The van der Waals surface area contributed by atoms with Crippen LogP contribution in [0.25, 0.3) is 0 Å². The minimum absolute atomic E-state index is 0.0622. The van der Waals surface area contributed by atoms with Gasteiger partial charge in [0.25, 0.3) is 0 Å². The van der Waals surface area contributed by atoms with Crippen LogP contribution in [0.2, 0.25) is 0 Å². The van der Waals surface area contributed by atoms with E-state index in [-0.39, 0.29) is 18.2 Å². The standard InChI is InChI=1S/C19H26N4O2/c1-14(2)25-13-15-6-5-7-17(10-15)22-19(24)23-9-4-3-8-18(23)16-11-20-21-12-16/h5-7,10-12,14,18H,3-4,8-9,13H2,1-2H3,(H,20,21)(H,22,24)/t18-/m1/s1. The van der Waals surface area contributed by atoms with Crippen molar-refractivity contribution in [1.29, 1.82) is 0 Å². The maximum Gasteiger partial charge on any atom is 0.322 e. The number of rotatable bonds is 5. The topological polar surface area (TPSA) is 70.2 Å². The highest BCUT2D eigenvalue weighted by atomic mass is 16.5. The van der Waals surface area contributed by atoms with Crippen molar-refractivity contribution in [2.45, 2.75) is 51.9 Å². The summed E-state index contributed by atoms with van der Waals surface area (Å²) in [7, 11) is 0. The summed E-state index contributed by atoms with van der Waals surface area (Å²) >= 11 is 0. The first kappa shape index (κ1) is 17.5. The maximum atomic E-state index is 12.8. The molecule has 3 rings (SSSR count). The lowest BCUT2D eigenvalue weighted by Crippen LogP contribution is -2.41. The Balaban J connectivity index is 1.67. The van der Waals surface area contributed by atoms with Crippen LogP contribution in [-0.4, -0.2) is 33.8 Å². The number of carbonyl (C=O) groups is 1. The van der Waals surface area contributed by atoms with E-state index in [0.717, 1.165) is 42.6 Å². The minimum Gasteiger partial charge on any atom is -0.374 e. The second kappa shape index (κ2) is 8.16. The number of benzene rings is 1. The van der Waals surface area contributed by atoms with E-state index < -0.39 is 0 Å². The van der Waals surface area contributed by atoms with Crippen LogP contribution in [-0.2, 0) is 11.3 Å². The first-order valence-corrected chi connectivity index (χ1v) is 8.90. The summed E-state index contributed by atoms with van der Waals surface area (Å²) in [6.07, 6.45) is 6.99. The molecule has 1 aliphatic rings. The molecule has 2 aromatic rings. The van der Waals surface area contributed by atoms with Crippen molar-refractivity contribution in [3.8, 4) is 0 Å². The fraction of sp³-hybridized carbons (Fsp3) is 0.474. The summed E-state index contributed by atoms with van der Waals surface area (Å²) < 4.78 is 5.64. The summed E-state index contributed by atoms with van der Waals surface area (Å²) in [4.78, 5) is 14.7. The molecule has 0 aliphatic carbocycles. The Hall–Kier alpha value is -2.34. The molecule has 2 amide bonds. The average Bonchev–Trinajstić information content (AvgIpc) is 3.15. The third-order valence-electron chi connectivity index (χ3n) is 4.43. The Morgan fingerprint density at radius 3 is 3.08 bits per heavy atom. The Labute approximate surface area is 148 Å². The quantitative estimate of drug-likeness (QED) is 0.859. The van der Waals surface area contributed by atoms with Crippen molar-refractivity contribution in [2.24, 2.45) is 0 Å². The van der Waals surface area contributed by atoms with Gasteiger partial charge in [-0.15, -0.1) is 0 Å². The van der Waals surface area contributed by atoms with Gasteiger partial charge < -0.3 is 15.0 Å². The van der Waals surface area contributed by atoms with Gasteiger partial charge in [-0.3, -0.25) is 5.10 Å². The SMILES string of the molecule is CC(C)OCc1cccc(NC(=O)N2CCCC[C@@H]2c2cn[nH]c2)c1. The van der Waals surface area contributed by atoms with Crippen LogP contribution < -0.4 is 5.32 Å². The van der Waals surface area contributed by atoms with Crippen LogP contribution >= 0.6 is 0 Å². The van der Waals surface area contributed by atoms with Crippen LogP contribution in [0.5, 0.6) is 0 Å². The molecule has 1 aliphatic heterocycles. The van der Waals surface area contributed by atoms with E-state index in [1.165, 1.54) is 0 Å². The molecular formula is C19H26N4O2. The van der Waals surface area contributed by atoms with Gasteiger partial charge in [0.2, 0.25) is 0 Å². The molecule has 0 bridgehead atoms. The Kier molecular flexibility index (Phi) is 5.71. The van der Waals surface area contributed by atoms with E-state index in [1.54, 1.807) is 6.20 Å². The number of likely N-dealkylation sites (tertiary alicyclic amines) is 1. The Morgan fingerprint density at radius 2 is 2.32 bits per heavy atom. The summed E-state index contributed by atoms with van der Waals surface area (Å²) in [6.45, 7) is 5.33. The van der Waals surface area contributed by atoms with Gasteiger partial charge in [-0.25, -0.2) is 4.79 Å². The predicted octanol–water partition coefficient (Wildman–Crippen LogP) is 4.09. The Bertz CT molecular complexity index is 684. The van der Waals surface area contributed by atoms with Gasteiger partial charge in [-0.1, -0.05) is 12.1 Å². The lowest BCUT2D eigenvalue weighted by Gasteiger charge is -2.35. The van der Waals surface area contributed by atoms with E-state index in [2.05, 4.69) is 15.5 Å². The highest BCUT2D eigenvalue weighted by Crippen LogP contribution is 2.30. The monoisotopic (exact) mass is 342 g/mol. The summed E-state index contributed by atoms with van der Waals surface area (Å²) in [6, 6.07) is 7.85. The molecule has 2 N–H and O–H groups in total. The zero-order valence-electron chi connectivity index (χ0n) is 14.9. The van der Waals surface area contributed by atoms with Crippen LogP contribution in [0, 0.1) is 0 Å². The molecule has 1 aromatic heterocycles. The maximum absolute atomic E-state index is 12.8. The normalized spacial score (nSPS) is 17.7. The number of nitrogens with zero attached hydrogens (tertiary/aromatic N) is 2. The molecule has 0 spiro atoms. The highest BCUT2D eigenvalue weighted by Gasteiger charge is 2.28. The van der Waals surface area contributed by atoms with Gasteiger partial charge in [0.15, 0.2) is 0 Å². The van der Waals surface area contributed by atoms with Gasteiger partial charge in [0.1, 0.15) is 0 Å². The van der Waals surface area contributed by atoms with Crippen molar-refractivity contribution in [3.05, 3.63) is 47.8 Å². The van der Waals surface area contributed by atoms with Crippen molar-refractivity contribution < 1.29 is 9.53 Å². The second-order valence-electron chi connectivity index (χ2n) is 6.73. The number of nitrogens with one attached hydrogen (secondary N) is 2. The average molecular weight is 342 g/mol. The van der Waals surface area contributed by atoms with Crippen LogP contribution in [0.1, 0.15) is 50.3 Å². The van der Waals surface area contributed by atoms with Crippen molar-refractivity contribution in [3.63, 3.8) is 0 Å². The number of ether oxygens (including phenoxy) is 1. The molecule has 1 saturated heterocycles. The van der Waals surface area contributed by atoms with Gasteiger partial charge in [0.05, 0.1) is 24.9 Å². The van der Waals surface area contributed by atoms with Crippen molar-refractivity contribution in [1.82, 2.24) is 15.1 Å². The molecule has 1 aromatic carbocycles. The van der Waals surface area contributed by atoms with E-state index in [1.807, 2.05) is 49.2 Å². The summed E-state index contributed by atoms with van der Waals surface area (Å²) in [5.74, 6) is 0. The molecule has 134 valence electrons. The fourth-order valence-electron chi connectivity index (χ4n) is 3.16. The number of carbonyl (C=O) groups excluding carboxylic acids is 1. The molecule has 25 heavy (non-hydrogen) atoms. The fourth-order valence-corrected chi connectivity index (χ4v) is 3.16. The van der Waals surface area contributed by atoms with Gasteiger partial charge in [0, 0.05) is 24.0 Å². The van der Waals surface area contributed by atoms with E-state index in [4.69, 9.17) is 4.74 Å². The second-order valence-corrected chi connectivity index (χ2v) is 6.73.